The minimum absolute atomic E-state index is 0.816. The predicted molar refractivity (Wildman–Crippen MR) is 75.4 cm³/mol. The Morgan fingerprint density at radius 1 is 1.33 bits per heavy atom. The van der Waals surface area contributed by atoms with E-state index in [2.05, 4.69) is 28.3 Å². The summed E-state index contributed by atoms with van der Waals surface area (Å²) in [6, 6.07) is 8.16. The quantitative estimate of drug-likeness (QED) is 0.627. The lowest BCUT2D eigenvalue weighted by molar-refractivity contribution is 0.723. The number of nitrogens with zero attached hydrogens (tertiary/aromatic N) is 4. The summed E-state index contributed by atoms with van der Waals surface area (Å²) in [7, 11) is 0. The average molecular weight is 260 g/mol. The molecular weight excluding hydrogens is 244 g/mol. The molecule has 0 radical (unpaired) electrons. The number of thioether (sulfide) groups is 1. The number of benzene rings is 1. The molecule has 1 aromatic carbocycles. The summed E-state index contributed by atoms with van der Waals surface area (Å²) in [5, 5.41) is 13.5. The Hall–Kier alpha value is -1.62. The molecule has 0 saturated carbocycles. The van der Waals surface area contributed by atoms with Crippen molar-refractivity contribution in [3.8, 4) is 0 Å². The van der Waals surface area contributed by atoms with E-state index in [1.54, 1.807) is 16.4 Å². The Kier molecular flexibility index (Phi) is 4.15. The SMILES string of the molecule is CCc1nnc(SC)n1/N=C\c1ccccc1C. The number of hydrogen-bond acceptors (Lipinski definition) is 4. The van der Waals surface area contributed by atoms with Gasteiger partial charge in [0.2, 0.25) is 5.16 Å². The monoisotopic (exact) mass is 260 g/mol. The maximum atomic E-state index is 4.48. The van der Waals surface area contributed by atoms with E-state index in [-0.39, 0.29) is 0 Å². The number of rotatable bonds is 4. The second-order valence-corrected chi connectivity index (χ2v) is 4.64. The summed E-state index contributed by atoms with van der Waals surface area (Å²) in [5.74, 6) is 0.879. The molecule has 2 rings (SSSR count). The van der Waals surface area contributed by atoms with Crippen LogP contribution >= 0.6 is 11.8 Å². The second-order valence-electron chi connectivity index (χ2n) is 3.87. The first-order valence-corrected chi connectivity index (χ1v) is 7.07. The van der Waals surface area contributed by atoms with Gasteiger partial charge in [0.1, 0.15) is 0 Å². The minimum atomic E-state index is 0.816. The molecule has 0 N–H and O–H groups in total. The van der Waals surface area contributed by atoms with E-state index in [9.17, 15) is 0 Å². The van der Waals surface area contributed by atoms with Gasteiger partial charge in [0.15, 0.2) is 5.82 Å². The molecule has 0 amide bonds. The molecule has 2 aromatic rings. The van der Waals surface area contributed by atoms with Crippen LogP contribution in [0.2, 0.25) is 0 Å². The van der Waals surface area contributed by atoms with Crippen molar-refractivity contribution in [2.24, 2.45) is 5.10 Å². The molecule has 0 bridgehead atoms. The Bertz CT molecular complexity index is 538. The van der Waals surface area contributed by atoms with Crippen LogP contribution in [0.3, 0.4) is 0 Å². The smallest absolute Gasteiger partial charge is 0.192 e. The zero-order chi connectivity index (χ0) is 13.0. The van der Waals surface area contributed by atoms with Crippen molar-refractivity contribution in [3.63, 3.8) is 0 Å². The van der Waals surface area contributed by atoms with Crippen LogP contribution in [-0.2, 0) is 6.42 Å². The van der Waals surface area contributed by atoms with Crippen LogP contribution in [0.15, 0.2) is 34.5 Å². The molecule has 0 aliphatic heterocycles. The van der Waals surface area contributed by atoms with Gasteiger partial charge in [-0.1, -0.05) is 43.0 Å². The molecular formula is C13H16N4S. The van der Waals surface area contributed by atoms with Crippen molar-refractivity contribution < 1.29 is 0 Å². The normalized spacial score (nSPS) is 11.3. The number of aryl methyl sites for hydroxylation is 2. The molecule has 4 nitrogen and oxygen atoms in total. The minimum Gasteiger partial charge on any atom is -0.192 e. The highest BCUT2D eigenvalue weighted by Crippen LogP contribution is 2.14. The molecule has 0 aliphatic carbocycles. The van der Waals surface area contributed by atoms with E-state index in [0.717, 1.165) is 23.0 Å². The van der Waals surface area contributed by atoms with Gasteiger partial charge in [-0.2, -0.15) is 9.78 Å². The van der Waals surface area contributed by atoms with Gasteiger partial charge in [-0.05, 0) is 24.3 Å². The van der Waals surface area contributed by atoms with Crippen LogP contribution in [0.4, 0.5) is 0 Å². The van der Waals surface area contributed by atoms with E-state index in [0.29, 0.717) is 0 Å². The van der Waals surface area contributed by atoms with Gasteiger partial charge in [-0.3, -0.25) is 0 Å². The Balaban J connectivity index is 2.34. The van der Waals surface area contributed by atoms with Crippen molar-refractivity contribution >= 4 is 18.0 Å². The third kappa shape index (κ3) is 2.61. The largest absolute Gasteiger partial charge is 0.211 e. The molecule has 0 aliphatic rings. The van der Waals surface area contributed by atoms with Gasteiger partial charge in [0.05, 0.1) is 6.21 Å². The second kappa shape index (κ2) is 5.82. The van der Waals surface area contributed by atoms with Gasteiger partial charge in [0, 0.05) is 6.42 Å². The van der Waals surface area contributed by atoms with E-state index >= 15 is 0 Å². The van der Waals surface area contributed by atoms with Crippen LogP contribution in [0.5, 0.6) is 0 Å². The molecule has 5 heteroatoms. The number of aromatic nitrogens is 3. The average Bonchev–Trinajstić information content (AvgIpc) is 2.80. The van der Waals surface area contributed by atoms with Crippen molar-refractivity contribution in [2.45, 2.75) is 25.4 Å². The van der Waals surface area contributed by atoms with Crippen molar-refractivity contribution in [1.29, 1.82) is 0 Å². The van der Waals surface area contributed by atoms with E-state index < -0.39 is 0 Å². The Labute approximate surface area is 111 Å². The lowest BCUT2D eigenvalue weighted by Crippen LogP contribution is -1.99. The summed E-state index contributed by atoms with van der Waals surface area (Å²) < 4.78 is 1.80. The van der Waals surface area contributed by atoms with E-state index in [1.807, 2.05) is 37.6 Å². The fourth-order valence-electron chi connectivity index (χ4n) is 1.61. The molecule has 1 aromatic heterocycles. The summed E-state index contributed by atoms with van der Waals surface area (Å²) >= 11 is 1.55. The third-order valence-electron chi connectivity index (χ3n) is 2.68. The molecule has 0 unspecified atom stereocenters. The molecule has 94 valence electrons. The highest BCUT2D eigenvalue weighted by atomic mass is 32.2. The molecule has 0 saturated heterocycles. The number of hydrogen-bond donors (Lipinski definition) is 0. The summed E-state index contributed by atoms with van der Waals surface area (Å²) in [6.45, 7) is 4.12. The predicted octanol–water partition coefficient (Wildman–Crippen LogP) is 2.75. The zero-order valence-corrected chi connectivity index (χ0v) is 11.6. The lowest BCUT2D eigenvalue weighted by Gasteiger charge is -2.01. The summed E-state index contributed by atoms with van der Waals surface area (Å²) in [6.07, 6.45) is 4.65. The van der Waals surface area contributed by atoms with E-state index in [4.69, 9.17) is 0 Å². The Morgan fingerprint density at radius 3 is 2.78 bits per heavy atom. The first-order chi connectivity index (χ1) is 8.76. The third-order valence-corrected chi connectivity index (χ3v) is 3.30. The summed E-state index contributed by atoms with van der Waals surface area (Å²) in [4.78, 5) is 0. The molecule has 0 spiro atoms. The standard InChI is InChI=1S/C13H16N4S/c1-4-12-15-16-13(18-3)17(12)14-9-11-8-6-5-7-10(11)2/h5-9H,4H2,1-3H3/b14-9-. The first kappa shape index (κ1) is 12.8. The highest BCUT2D eigenvalue weighted by molar-refractivity contribution is 7.98. The van der Waals surface area contributed by atoms with Crippen LogP contribution in [0.25, 0.3) is 0 Å². The molecule has 0 atom stereocenters. The van der Waals surface area contributed by atoms with Crippen LogP contribution in [0.1, 0.15) is 23.9 Å². The van der Waals surface area contributed by atoms with Crippen molar-refractivity contribution in [3.05, 3.63) is 41.2 Å². The van der Waals surface area contributed by atoms with Gasteiger partial charge in [-0.25, -0.2) is 0 Å². The zero-order valence-electron chi connectivity index (χ0n) is 10.8. The van der Waals surface area contributed by atoms with Crippen molar-refractivity contribution in [2.75, 3.05) is 6.26 Å². The molecule has 1 heterocycles. The van der Waals surface area contributed by atoms with Gasteiger partial charge >= 0.3 is 0 Å². The highest BCUT2D eigenvalue weighted by Gasteiger charge is 2.08. The fraction of sp³-hybridized carbons (Fsp3) is 0.308. The maximum absolute atomic E-state index is 4.48. The van der Waals surface area contributed by atoms with Gasteiger partial charge < -0.3 is 0 Å². The van der Waals surface area contributed by atoms with Crippen LogP contribution in [0, 0.1) is 6.92 Å². The Morgan fingerprint density at radius 2 is 2.11 bits per heavy atom. The van der Waals surface area contributed by atoms with Gasteiger partial charge in [-0.15, -0.1) is 10.2 Å². The van der Waals surface area contributed by atoms with Crippen molar-refractivity contribution in [1.82, 2.24) is 14.9 Å². The topological polar surface area (TPSA) is 43.1 Å². The lowest BCUT2D eigenvalue weighted by atomic mass is 10.1. The van der Waals surface area contributed by atoms with Gasteiger partial charge in [0.25, 0.3) is 0 Å². The summed E-state index contributed by atoms with van der Waals surface area (Å²) in [5.41, 5.74) is 2.32. The first-order valence-electron chi connectivity index (χ1n) is 5.84. The fourth-order valence-corrected chi connectivity index (χ4v) is 2.06. The maximum Gasteiger partial charge on any atom is 0.211 e. The van der Waals surface area contributed by atoms with Crippen LogP contribution < -0.4 is 0 Å². The van der Waals surface area contributed by atoms with E-state index in [1.165, 1.54) is 5.56 Å². The molecule has 0 fully saturated rings. The van der Waals surface area contributed by atoms with Crippen LogP contribution in [-0.4, -0.2) is 27.3 Å². The molecule has 18 heavy (non-hydrogen) atoms.